The van der Waals surface area contributed by atoms with Gasteiger partial charge in [-0.15, -0.1) is 0 Å². The van der Waals surface area contributed by atoms with Gasteiger partial charge in [-0.2, -0.15) is 0 Å². The third kappa shape index (κ3) is 2.82. The van der Waals surface area contributed by atoms with E-state index in [2.05, 4.69) is 20.9 Å². The number of pyridine rings is 1. The number of aromatic nitrogens is 1. The van der Waals surface area contributed by atoms with Crippen LogP contribution in [0.25, 0.3) is 0 Å². The van der Waals surface area contributed by atoms with Crippen molar-refractivity contribution < 1.29 is 9.47 Å². The van der Waals surface area contributed by atoms with Crippen LogP contribution in [0.4, 0.5) is 0 Å². The maximum absolute atomic E-state index is 5.81. The summed E-state index contributed by atoms with van der Waals surface area (Å²) in [4.78, 5) is 4.25. The second kappa shape index (κ2) is 5.87. The van der Waals surface area contributed by atoms with Crippen LogP contribution in [0.5, 0.6) is 11.5 Å². The molecule has 1 aromatic heterocycles. The predicted octanol–water partition coefficient (Wildman–Crippen LogP) is 3.74. The summed E-state index contributed by atoms with van der Waals surface area (Å²) in [6, 6.07) is 10.0. The second-order valence-corrected chi connectivity index (χ2v) is 4.68. The van der Waals surface area contributed by atoms with Crippen molar-refractivity contribution in [3.8, 4) is 11.5 Å². The molecule has 1 heterocycles. The van der Waals surface area contributed by atoms with Gasteiger partial charge in [0.15, 0.2) is 11.5 Å². The Balaban J connectivity index is 2.21. The van der Waals surface area contributed by atoms with E-state index in [9.17, 15) is 0 Å². The van der Waals surface area contributed by atoms with Crippen LogP contribution in [-0.2, 0) is 6.61 Å². The zero-order valence-corrected chi connectivity index (χ0v) is 11.9. The molecule has 0 bridgehead atoms. The van der Waals surface area contributed by atoms with E-state index in [-0.39, 0.29) is 0 Å². The van der Waals surface area contributed by atoms with Crippen LogP contribution < -0.4 is 9.47 Å². The fourth-order valence-corrected chi connectivity index (χ4v) is 2.08. The lowest BCUT2D eigenvalue weighted by atomic mass is 10.2. The highest BCUT2D eigenvalue weighted by atomic mass is 79.9. The molecular formula is C14H14BrNO2. The van der Waals surface area contributed by atoms with Crippen molar-refractivity contribution in [2.24, 2.45) is 0 Å². The van der Waals surface area contributed by atoms with Gasteiger partial charge in [0.25, 0.3) is 0 Å². The Morgan fingerprint density at radius 3 is 2.56 bits per heavy atom. The topological polar surface area (TPSA) is 31.4 Å². The van der Waals surface area contributed by atoms with E-state index in [0.717, 1.165) is 15.7 Å². The lowest BCUT2D eigenvalue weighted by molar-refractivity contribution is 0.280. The molecule has 2 aromatic rings. The quantitative estimate of drug-likeness (QED) is 0.862. The Morgan fingerprint density at radius 1 is 1.17 bits per heavy atom. The Morgan fingerprint density at radius 2 is 1.89 bits per heavy atom. The number of hydrogen-bond acceptors (Lipinski definition) is 3. The summed E-state index contributed by atoms with van der Waals surface area (Å²) in [5, 5.41) is 0. The van der Waals surface area contributed by atoms with Crippen LogP contribution in [0.1, 0.15) is 11.3 Å². The van der Waals surface area contributed by atoms with Crippen molar-refractivity contribution in [1.29, 1.82) is 0 Å². The molecule has 18 heavy (non-hydrogen) atoms. The lowest BCUT2D eigenvalue weighted by Gasteiger charge is -2.13. The SMILES string of the molecule is COc1c(Br)cnc(C)c1OCc1ccccc1. The number of methoxy groups -OCH3 is 1. The molecular weight excluding hydrogens is 294 g/mol. The van der Waals surface area contributed by atoms with E-state index in [1.54, 1.807) is 13.3 Å². The maximum Gasteiger partial charge on any atom is 0.184 e. The maximum atomic E-state index is 5.81. The molecule has 94 valence electrons. The first-order chi connectivity index (χ1) is 8.72. The zero-order chi connectivity index (χ0) is 13.0. The average molecular weight is 308 g/mol. The number of rotatable bonds is 4. The van der Waals surface area contributed by atoms with E-state index in [1.165, 1.54) is 0 Å². The van der Waals surface area contributed by atoms with Crippen molar-refractivity contribution >= 4 is 15.9 Å². The molecule has 1 aromatic carbocycles. The van der Waals surface area contributed by atoms with E-state index < -0.39 is 0 Å². The molecule has 0 aliphatic rings. The van der Waals surface area contributed by atoms with Crippen molar-refractivity contribution in [1.82, 2.24) is 4.98 Å². The van der Waals surface area contributed by atoms with E-state index in [4.69, 9.17) is 9.47 Å². The molecule has 0 aliphatic carbocycles. The second-order valence-electron chi connectivity index (χ2n) is 3.83. The number of halogens is 1. The van der Waals surface area contributed by atoms with Crippen LogP contribution in [0.3, 0.4) is 0 Å². The summed E-state index contributed by atoms with van der Waals surface area (Å²) in [6.07, 6.45) is 1.71. The highest BCUT2D eigenvalue weighted by Crippen LogP contribution is 2.36. The average Bonchev–Trinajstić information content (AvgIpc) is 2.41. The first kappa shape index (κ1) is 12.9. The van der Waals surface area contributed by atoms with Gasteiger partial charge in [-0.05, 0) is 28.4 Å². The van der Waals surface area contributed by atoms with Crippen molar-refractivity contribution in [2.45, 2.75) is 13.5 Å². The highest BCUT2D eigenvalue weighted by Gasteiger charge is 2.13. The van der Waals surface area contributed by atoms with Gasteiger partial charge in [0.2, 0.25) is 0 Å². The van der Waals surface area contributed by atoms with Crippen LogP contribution in [0, 0.1) is 6.92 Å². The van der Waals surface area contributed by atoms with Crippen LogP contribution in [-0.4, -0.2) is 12.1 Å². The van der Waals surface area contributed by atoms with Crippen LogP contribution in [0.2, 0.25) is 0 Å². The zero-order valence-electron chi connectivity index (χ0n) is 10.3. The number of hydrogen-bond donors (Lipinski definition) is 0. The summed E-state index contributed by atoms with van der Waals surface area (Å²) in [6.45, 7) is 2.39. The summed E-state index contributed by atoms with van der Waals surface area (Å²) in [5.74, 6) is 1.36. The lowest BCUT2D eigenvalue weighted by Crippen LogP contribution is -2.01. The van der Waals surface area contributed by atoms with E-state index >= 15 is 0 Å². The van der Waals surface area contributed by atoms with E-state index in [0.29, 0.717) is 18.1 Å². The molecule has 2 rings (SSSR count). The largest absolute Gasteiger partial charge is 0.492 e. The molecule has 3 nitrogen and oxygen atoms in total. The van der Waals surface area contributed by atoms with Gasteiger partial charge >= 0.3 is 0 Å². The molecule has 0 radical (unpaired) electrons. The van der Waals surface area contributed by atoms with Gasteiger partial charge in [-0.3, -0.25) is 4.98 Å². The van der Waals surface area contributed by atoms with Crippen LogP contribution in [0.15, 0.2) is 41.0 Å². The number of ether oxygens (including phenoxy) is 2. The molecule has 0 unspecified atom stereocenters. The third-order valence-electron chi connectivity index (χ3n) is 2.55. The molecule has 0 N–H and O–H groups in total. The molecule has 0 fully saturated rings. The Hall–Kier alpha value is -1.55. The van der Waals surface area contributed by atoms with Crippen LogP contribution >= 0.6 is 15.9 Å². The number of nitrogens with zero attached hydrogens (tertiary/aromatic N) is 1. The van der Waals surface area contributed by atoms with Gasteiger partial charge in [0.1, 0.15) is 6.61 Å². The minimum absolute atomic E-state index is 0.496. The molecule has 0 aliphatic heterocycles. The number of aryl methyl sites for hydroxylation is 1. The van der Waals surface area contributed by atoms with Crippen molar-refractivity contribution in [2.75, 3.05) is 7.11 Å². The summed E-state index contributed by atoms with van der Waals surface area (Å²) in [7, 11) is 1.62. The third-order valence-corrected chi connectivity index (χ3v) is 3.12. The molecule has 0 saturated carbocycles. The predicted molar refractivity (Wildman–Crippen MR) is 74.0 cm³/mol. The van der Waals surface area contributed by atoms with Crippen molar-refractivity contribution in [3.05, 3.63) is 52.3 Å². The molecule has 4 heteroatoms. The van der Waals surface area contributed by atoms with Gasteiger partial charge in [0.05, 0.1) is 17.3 Å². The number of benzene rings is 1. The van der Waals surface area contributed by atoms with E-state index in [1.807, 2.05) is 37.3 Å². The standard InChI is InChI=1S/C14H14BrNO2/c1-10-13(14(17-2)12(15)8-16-10)18-9-11-6-4-3-5-7-11/h3-8H,9H2,1-2H3. The fraction of sp³-hybridized carbons (Fsp3) is 0.214. The minimum Gasteiger partial charge on any atom is -0.492 e. The van der Waals surface area contributed by atoms with Gasteiger partial charge < -0.3 is 9.47 Å². The Kier molecular flexibility index (Phi) is 4.20. The van der Waals surface area contributed by atoms with Gasteiger partial charge in [0, 0.05) is 6.20 Å². The Labute approximate surface area is 115 Å². The minimum atomic E-state index is 0.496. The summed E-state index contributed by atoms with van der Waals surface area (Å²) >= 11 is 3.40. The molecule has 0 amide bonds. The molecule has 0 atom stereocenters. The first-order valence-electron chi connectivity index (χ1n) is 5.58. The monoisotopic (exact) mass is 307 g/mol. The molecule has 0 saturated heterocycles. The van der Waals surface area contributed by atoms with Crippen molar-refractivity contribution in [3.63, 3.8) is 0 Å². The first-order valence-corrected chi connectivity index (χ1v) is 6.37. The molecule has 0 spiro atoms. The summed E-state index contributed by atoms with van der Waals surface area (Å²) < 4.78 is 11.9. The van der Waals surface area contributed by atoms with Gasteiger partial charge in [-0.1, -0.05) is 30.3 Å². The highest BCUT2D eigenvalue weighted by molar-refractivity contribution is 9.10. The smallest absolute Gasteiger partial charge is 0.184 e. The normalized spacial score (nSPS) is 10.2. The van der Waals surface area contributed by atoms with Gasteiger partial charge in [-0.25, -0.2) is 0 Å². The summed E-state index contributed by atoms with van der Waals surface area (Å²) in [5.41, 5.74) is 1.92. The fourth-order valence-electron chi connectivity index (χ4n) is 1.63. The Bertz CT molecular complexity index is 529.